The predicted molar refractivity (Wildman–Crippen MR) is 107 cm³/mol. The first-order valence-electron chi connectivity index (χ1n) is 9.39. The number of aryl methyl sites for hydroxylation is 4. The Hall–Kier alpha value is -2.64. The van der Waals surface area contributed by atoms with Gasteiger partial charge in [0.05, 0.1) is 6.04 Å². The first-order valence-corrected chi connectivity index (χ1v) is 9.39. The number of benzene rings is 2. The molecule has 0 radical (unpaired) electrons. The molecule has 3 aromatic rings. The molecule has 0 fully saturated rings. The van der Waals surface area contributed by atoms with Gasteiger partial charge in [0.15, 0.2) is 0 Å². The summed E-state index contributed by atoms with van der Waals surface area (Å²) < 4.78 is 33.5. The molecule has 0 bridgehead atoms. The van der Waals surface area contributed by atoms with Crippen LogP contribution in [0.15, 0.2) is 48.8 Å². The van der Waals surface area contributed by atoms with E-state index < -0.39 is 7.54 Å². The van der Waals surface area contributed by atoms with Crippen LogP contribution in [0.5, 0.6) is 0 Å². The van der Waals surface area contributed by atoms with Crippen LogP contribution < -0.4 is 9.27 Å². The maximum absolute atomic E-state index is 9.67. The first kappa shape index (κ1) is 22.7. The molecule has 1 aliphatic rings. The lowest BCUT2D eigenvalue weighted by Gasteiger charge is -2.09. The monoisotopic (exact) mass is 408 g/mol. The molecule has 0 aliphatic carbocycles. The minimum Gasteiger partial charge on any atom is -1.00 e. The lowest BCUT2D eigenvalue weighted by molar-refractivity contribution is -0.716. The van der Waals surface area contributed by atoms with Crippen LogP contribution in [0.1, 0.15) is 42.0 Å². The van der Waals surface area contributed by atoms with Crippen molar-refractivity contribution >= 4 is 7.54 Å². The van der Waals surface area contributed by atoms with E-state index in [9.17, 15) is 12.9 Å². The molecule has 0 spiro atoms. The Morgan fingerprint density at radius 2 is 1.69 bits per heavy atom. The summed E-state index contributed by atoms with van der Waals surface area (Å²) in [4.78, 5) is 0. The number of fused-ring (bicyclic) bond motifs is 1. The van der Waals surface area contributed by atoms with Crippen molar-refractivity contribution in [2.24, 2.45) is 0 Å². The molecule has 0 amide bonds. The fourth-order valence-electron chi connectivity index (χ4n) is 4.03. The Labute approximate surface area is 170 Å². The van der Waals surface area contributed by atoms with Gasteiger partial charge in [0.25, 0.3) is 5.82 Å². The fraction of sp³-hybridized carbons (Fsp3) is 0.333. The van der Waals surface area contributed by atoms with Gasteiger partial charge in [0.2, 0.25) is 6.33 Å². The number of nitrogens with zero attached hydrogens (tertiary/aromatic N) is 3. The summed E-state index contributed by atoms with van der Waals surface area (Å²) in [5.41, 5.74) is 6.50. The zero-order chi connectivity index (χ0) is 20.3. The standard InChI is InChI=1S/C21H24N3.BF3.FH.H2/c1-15-11-16(2)21(17(3)12-15)24-14-23-19(9-10-20(23)22-24)13-18-7-5-4-6-8-18;2-1(3)4;;/h4-8,11-12,14,19H,9-10,13H2,1-3H3;;2*1H/q+1;;;/p-1/t19-;;;/m1.../s1/i;;;1+1. The van der Waals surface area contributed by atoms with E-state index in [1.807, 2.05) is 0 Å². The van der Waals surface area contributed by atoms with Gasteiger partial charge < -0.3 is 4.70 Å². The average molecular weight is 408 g/mol. The normalized spacial score (nSPS) is 14.5. The van der Waals surface area contributed by atoms with Gasteiger partial charge in [-0.15, -0.1) is 0 Å². The predicted octanol–water partition coefficient (Wildman–Crippen LogP) is 1.94. The second kappa shape index (κ2) is 9.72. The molecule has 156 valence electrons. The van der Waals surface area contributed by atoms with E-state index in [4.69, 9.17) is 5.10 Å². The number of rotatable bonds is 3. The molecule has 29 heavy (non-hydrogen) atoms. The molecule has 1 aromatic heterocycles. The third-order valence-corrected chi connectivity index (χ3v) is 5.03. The maximum Gasteiger partial charge on any atom is 0.762 e. The van der Waals surface area contributed by atoms with Gasteiger partial charge in [0.1, 0.15) is 5.69 Å². The summed E-state index contributed by atoms with van der Waals surface area (Å²) in [5, 5.41) is 4.88. The highest BCUT2D eigenvalue weighted by molar-refractivity contribution is 6.33. The van der Waals surface area contributed by atoms with Crippen LogP contribution in [0, 0.1) is 20.8 Å². The van der Waals surface area contributed by atoms with Crippen molar-refractivity contribution in [3.63, 3.8) is 0 Å². The summed E-state index contributed by atoms with van der Waals surface area (Å²) in [7, 11) is -3.67. The Morgan fingerprint density at radius 3 is 2.28 bits per heavy atom. The molecule has 2 aromatic carbocycles. The molecular weight excluding hydrogens is 381 g/mol. The minimum absolute atomic E-state index is 0. The van der Waals surface area contributed by atoms with Crippen LogP contribution in [-0.2, 0) is 12.8 Å². The van der Waals surface area contributed by atoms with E-state index in [1.165, 1.54) is 40.2 Å². The van der Waals surface area contributed by atoms with Crippen LogP contribution in [0.25, 0.3) is 5.69 Å². The quantitative estimate of drug-likeness (QED) is 0.369. The average Bonchev–Trinajstić information content (AvgIpc) is 3.16. The van der Waals surface area contributed by atoms with Crippen molar-refractivity contribution in [3.05, 3.63) is 76.9 Å². The van der Waals surface area contributed by atoms with Crippen molar-refractivity contribution < 1.29 is 23.6 Å². The maximum atomic E-state index is 9.67. The first-order chi connectivity index (χ1) is 13.3. The van der Waals surface area contributed by atoms with E-state index in [0.717, 1.165) is 12.8 Å². The number of halogens is 4. The van der Waals surface area contributed by atoms with Gasteiger partial charge in [-0.3, -0.25) is 12.9 Å². The molecular formula is C21H26BF4N3. The van der Waals surface area contributed by atoms with Crippen LogP contribution >= 0.6 is 0 Å². The third kappa shape index (κ3) is 5.46. The van der Waals surface area contributed by atoms with E-state index >= 15 is 0 Å². The lowest BCUT2D eigenvalue weighted by atomic mass is 10.0. The molecule has 2 heterocycles. The summed E-state index contributed by atoms with van der Waals surface area (Å²) >= 11 is 0. The number of hydrogen-bond acceptors (Lipinski definition) is 1. The van der Waals surface area contributed by atoms with Gasteiger partial charge >= 0.3 is 7.54 Å². The van der Waals surface area contributed by atoms with Crippen LogP contribution in [0.4, 0.5) is 12.9 Å². The third-order valence-electron chi connectivity index (χ3n) is 5.03. The van der Waals surface area contributed by atoms with Crippen LogP contribution in [-0.4, -0.2) is 17.3 Å². The summed E-state index contributed by atoms with van der Waals surface area (Å²) in [6, 6.07) is 15.8. The summed E-state index contributed by atoms with van der Waals surface area (Å²) in [5.74, 6) is 1.20. The van der Waals surface area contributed by atoms with Gasteiger partial charge in [-0.1, -0.05) is 52.7 Å². The van der Waals surface area contributed by atoms with E-state index in [1.54, 1.807) is 0 Å². The number of hydrogen-bond donors (Lipinski definition) is 0. The Morgan fingerprint density at radius 1 is 1.10 bits per heavy atom. The van der Waals surface area contributed by atoms with Crippen molar-refractivity contribution in [3.8, 4) is 5.69 Å². The van der Waals surface area contributed by atoms with E-state index in [-0.39, 0.29) is 6.13 Å². The second-order valence-electron chi connectivity index (χ2n) is 7.26. The highest BCUT2D eigenvalue weighted by Gasteiger charge is 2.32. The highest BCUT2D eigenvalue weighted by atomic mass is 19.4. The Bertz CT molecular complexity index is 925. The molecule has 8 heteroatoms. The Balaban J connectivity index is 0.000000692. The fourth-order valence-corrected chi connectivity index (χ4v) is 4.03. The molecule has 0 N–H and O–H groups in total. The van der Waals surface area contributed by atoms with Crippen molar-refractivity contribution in [2.45, 2.75) is 46.1 Å². The summed E-state index contributed by atoms with van der Waals surface area (Å²) in [6.07, 6.45) is 5.52. The van der Waals surface area contributed by atoms with E-state index in [2.05, 4.69) is 78.8 Å². The van der Waals surface area contributed by atoms with Gasteiger partial charge in [-0.2, -0.15) is 0 Å². The molecule has 0 saturated carbocycles. The number of aromatic nitrogens is 3. The van der Waals surface area contributed by atoms with Crippen LogP contribution in [0.3, 0.4) is 0 Å². The van der Waals surface area contributed by atoms with Gasteiger partial charge in [-0.05, 0) is 43.9 Å². The molecule has 1 atom stereocenters. The zero-order valence-electron chi connectivity index (χ0n) is 16.7. The summed E-state index contributed by atoms with van der Waals surface area (Å²) in [6.45, 7) is 6.50. The van der Waals surface area contributed by atoms with Crippen molar-refractivity contribution in [1.29, 1.82) is 0 Å². The van der Waals surface area contributed by atoms with Gasteiger partial charge in [0, 0.05) is 19.4 Å². The van der Waals surface area contributed by atoms with Crippen LogP contribution in [0.2, 0.25) is 0 Å². The SMILES string of the molecule is Cc1cc(C)c(-n2c[n+]3c(n2)CC[C@@H]3Cc2ccccc2)c(C)c1.FB(F)F.[2HH].[F-]. The minimum atomic E-state index is -3.67. The zero-order valence-corrected chi connectivity index (χ0v) is 16.7. The molecule has 4 rings (SSSR count). The van der Waals surface area contributed by atoms with Crippen molar-refractivity contribution in [2.75, 3.05) is 0 Å². The molecule has 0 saturated heterocycles. The van der Waals surface area contributed by atoms with Crippen molar-refractivity contribution in [1.82, 2.24) is 9.78 Å². The smallest absolute Gasteiger partial charge is 0.762 e. The lowest BCUT2D eigenvalue weighted by Crippen LogP contribution is -3.00. The molecule has 1 aliphatic heterocycles. The van der Waals surface area contributed by atoms with E-state index in [0.29, 0.717) is 6.04 Å². The second-order valence-corrected chi connectivity index (χ2v) is 7.26. The van der Waals surface area contributed by atoms with Gasteiger partial charge in [-0.25, -0.2) is 4.57 Å². The molecule has 0 unspecified atom stereocenters. The highest BCUT2D eigenvalue weighted by Crippen LogP contribution is 2.24. The Kier molecular flexibility index (Phi) is 7.59. The largest absolute Gasteiger partial charge is 1.00 e. The molecule has 3 nitrogen and oxygen atoms in total. The topological polar surface area (TPSA) is 21.7 Å².